The quantitative estimate of drug-likeness (QED) is 0.576. The molecule has 0 unspecified atom stereocenters. The van der Waals surface area contributed by atoms with Crippen molar-refractivity contribution in [1.29, 1.82) is 0 Å². The van der Waals surface area contributed by atoms with Crippen LogP contribution in [0.3, 0.4) is 0 Å². The zero-order valence-corrected chi connectivity index (χ0v) is 12.5. The Labute approximate surface area is 131 Å². The fraction of sp³-hybridized carbons (Fsp3) is 1.00. The molecule has 0 aromatic carbocycles. The first-order chi connectivity index (χ1) is 6.51. The van der Waals surface area contributed by atoms with E-state index in [0.29, 0.717) is 25.6 Å². The van der Waals surface area contributed by atoms with Crippen molar-refractivity contribution in [2.24, 2.45) is 5.92 Å². The summed E-state index contributed by atoms with van der Waals surface area (Å²) < 4.78 is 41.2. The molecule has 1 heterocycles. The summed E-state index contributed by atoms with van der Waals surface area (Å²) in [6, 6.07) is 0. The van der Waals surface area contributed by atoms with Crippen molar-refractivity contribution in [2.75, 3.05) is 33.3 Å². The number of rotatable bonds is 4. The van der Waals surface area contributed by atoms with Gasteiger partial charge in [-0.3, -0.25) is 0 Å². The first kappa shape index (κ1) is 16.4. The van der Waals surface area contributed by atoms with Gasteiger partial charge in [-0.25, -0.2) is 0 Å². The largest absolute Gasteiger partial charge is 1.00 e. The molecule has 0 spiro atoms. The number of ether oxygens (including phenoxy) is 1. The molecule has 0 aromatic heterocycles. The average Bonchev–Trinajstić information content (AvgIpc) is 2.06. The Morgan fingerprint density at radius 3 is 2.20 bits per heavy atom. The van der Waals surface area contributed by atoms with Crippen LogP contribution in [0.1, 0.15) is 12.8 Å². The third-order valence-electron chi connectivity index (χ3n) is 2.57. The van der Waals surface area contributed by atoms with Crippen LogP contribution in [0.4, 0.5) is 12.9 Å². The molecule has 0 aromatic rings. The van der Waals surface area contributed by atoms with Crippen molar-refractivity contribution in [3.05, 3.63) is 0 Å². The molecule has 0 atom stereocenters. The van der Waals surface area contributed by atoms with E-state index in [0.717, 1.165) is 12.8 Å². The summed E-state index contributed by atoms with van der Waals surface area (Å²) in [5, 5.41) is 0. The monoisotopic (exact) mass is 249 g/mol. The zero-order valence-electron chi connectivity index (χ0n) is 9.39. The van der Waals surface area contributed by atoms with Crippen LogP contribution in [-0.2, 0) is 4.74 Å². The molecular formula is C8H16BF3KNO. The number of nitrogens with zero attached hydrogens (tertiary/aromatic N) is 1. The predicted octanol–water partition coefficient (Wildman–Crippen LogP) is -1.26. The number of hydrogen-bond acceptors (Lipinski definition) is 2. The molecule has 0 radical (unpaired) electrons. The van der Waals surface area contributed by atoms with Gasteiger partial charge in [0.05, 0.1) is 0 Å². The Balaban J connectivity index is 0.00000196. The number of likely N-dealkylation sites (tertiary alicyclic amines) is 1. The van der Waals surface area contributed by atoms with Gasteiger partial charge in [0.15, 0.2) is 0 Å². The number of methoxy groups -OCH3 is 1. The van der Waals surface area contributed by atoms with E-state index in [1.54, 1.807) is 7.11 Å². The summed E-state index contributed by atoms with van der Waals surface area (Å²) in [6.45, 7) is -2.89. The molecule has 0 amide bonds. The Kier molecular flexibility index (Phi) is 8.41. The van der Waals surface area contributed by atoms with Crippen LogP contribution in [-0.4, -0.2) is 45.1 Å². The maximum Gasteiger partial charge on any atom is 1.00 e. The van der Waals surface area contributed by atoms with Crippen molar-refractivity contribution in [2.45, 2.75) is 12.8 Å². The van der Waals surface area contributed by atoms with Crippen LogP contribution in [0.2, 0.25) is 0 Å². The smallest absolute Gasteiger partial charge is 0.448 e. The molecule has 0 bridgehead atoms. The van der Waals surface area contributed by atoms with E-state index in [4.69, 9.17) is 4.74 Å². The topological polar surface area (TPSA) is 12.5 Å². The first-order valence-electron chi connectivity index (χ1n) is 4.93. The van der Waals surface area contributed by atoms with Crippen LogP contribution >= 0.6 is 0 Å². The van der Waals surface area contributed by atoms with Gasteiger partial charge in [-0.15, -0.1) is 0 Å². The van der Waals surface area contributed by atoms with E-state index in [1.807, 2.05) is 0 Å². The Hall–Kier alpha value is 1.41. The molecule has 0 N–H and O–H groups in total. The van der Waals surface area contributed by atoms with Gasteiger partial charge in [-0.05, 0) is 38.3 Å². The van der Waals surface area contributed by atoms with Gasteiger partial charge in [-0.2, -0.15) is 0 Å². The van der Waals surface area contributed by atoms with Gasteiger partial charge in [0.2, 0.25) is 0 Å². The molecule has 1 rings (SSSR count). The second kappa shape index (κ2) is 7.68. The molecule has 1 fully saturated rings. The average molecular weight is 249 g/mol. The van der Waals surface area contributed by atoms with Gasteiger partial charge in [0.25, 0.3) is 0 Å². The summed E-state index contributed by atoms with van der Waals surface area (Å²) in [5.74, 6) is 0.442. The molecule has 0 saturated carbocycles. The molecular weight excluding hydrogens is 233 g/mol. The van der Waals surface area contributed by atoms with Crippen molar-refractivity contribution in [1.82, 2.24) is 4.90 Å². The molecule has 15 heavy (non-hydrogen) atoms. The summed E-state index contributed by atoms with van der Waals surface area (Å²) in [6.07, 6.45) is 0.930. The molecule has 1 saturated heterocycles. The van der Waals surface area contributed by atoms with Gasteiger partial charge in [-0.1, -0.05) is 0 Å². The number of halogens is 3. The summed E-state index contributed by atoms with van der Waals surface area (Å²) in [4.78, 5) is 1.49. The number of piperidine rings is 1. The normalized spacial score (nSPS) is 20.0. The van der Waals surface area contributed by atoms with Crippen molar-refractivity contribution < 1.29 is 69.1 Å². The Morgan fingerprint density at radius 2 is 1.80 bits per heavy atom. The number of hydrogen-bond donors (Lipinski definition) is 0. The van der Waals surface area contributed by atoms with E-state index in [-0.39, 0.29) is 51.4 Å². The van der Waals surface area contributed by atoms with E-state index in [1.165, 1.54) is 4.90 Å². The minimum Gasteiger partial charge on any atom is -0.448 e. The van der Waals surface area contributed by atoms with Crippen LogP contribution in [0, 0.1) is 5.92 Å². The SMILES string of the molecule is COCC1CCN(C[B-](F)(F)F)CC1.[K+]. The van der Waals surface area contributed by atoms with E-state index >= 15 is 0 Å². The van der Waals surface area contributed by atoms with E-state index in [2.05, 4.69) is 0 Å². The minimum absolute atomic E-state index is 0. The van der Waals surface area contributed by atoms with Gasteiger partial charge in [0.1, 0.15) is 0 Å². The maximum atomic E-state index is 12.1. The van der Waals surface area contributed by atoms with Crippen molar-refractivity contribution >= 4 is 6.98 Å². The Morgan fingerprint density at radius 1 is 1.27 bits per heavy atom. The zero-order chi connectivity index (χ0) is 10.6. The molecule has 1 aliphatic rings. The molecule has 7 heteroatoms. The van der Waals surface area contributed by atoms with Crippen molar-refractivity contribution in [3.8, 4) is 0 Å². The first-order valence-corrected chi connectivity index (χ1v) is 4.93. The molecule has 2 nitrogen and oxygen atoms in total. The summed E-state index contributed by atoms with van der Waals surface area (Å²) in [5.41, 5.74) is 0. The van der Waals surface area contributed by atoms with Crippen LogP contribution in [0.5, 0.6) is 0 Å². The standard InChI is InChI=1S/C8H16BF3NO.K/c1-14-6-8-2-4-13(5-3-8)7-9(10,11)12;/h8H,2-7H2,1H3;/q-1;+1. The van der Waals surface area contributed by atoms with E-state index < -0.39 is 13.4 Å². The third-order valence-corrected chi connectivity index (χ3v) is 2.57. The van der Waals surface area contributed by atoms with Gasteiger partial charge in [0, 0.05) is 13.7 Å². The minimum atomic E-state index is -4.66. The summed E-state index contributed by atoms with van der Waals surface area (Å²) >= 11 is 0. The molecule has 1 aliphatic heterocycles. The predicted molar refractivity (Wildman–Crippen MR) is 50.1 cm³/mol. The second-order valence-electron chi connectivity index (χ2n) is 3.91. The Bertz CT molecular complexity index is 174. The van der Waals surface area contributed by atoms with Gasteiger partial charge >= 0.3 is 58.4 Å². The second-order valence-corrected chi connectivity index (χ2v) is 3.91. The van der Waals surface area contributed by atoms with Crippen LogP contribution < -0.4 is 51.4 Å². The third kappa shape index (κ3) is 7.36. The van der Waals surface area contributed by atoms with Crippen LogP contribution in [0.25, 0.3) is 0 Å². The van der Waals surface area contributed by atoms with Crippen LogP contribution in [0.15, 0.2) is 0 Å². The molecule has 0 aliphatic carbocycles. The molecule has 84 valence electrons. The fourth-order valence-electron chi connectivity index (χ4n) is 1.86. The van der Waals surface area contributed by atoms with Crippen molar-refractivity contribution in [3.63, 3.8) is 0 Å². The van der Waals surface area contributed by atoms with E-state index in [9.17, 15) is 12.9 Å². The fourth-order valence-corrected chi connectivity index (χ4v) is 1.86. The maximum absolute atomic E-state index is 12.1. The van der Waals surface area contributed by atoms with Gasteiger partial charge < -0.3 is 22.6 Å². The summed E-state index contributed by atoms with van der Waals surface area (Å²) in [7, 11) is 1.63.